The second kappa shape index (κ2) is 11.7. The normalized spacial score (nSPS) is 16.0. The highest BCUT2D eigenvalue weighted by Crippen LogP contribution is 2.15. The van der Waals surface area contributed by atoms with E-state index in [0.717, 1.165) is 43.8 Å². The number of piperidine rings is 1. The molecule has 2 heterocycles. The van der Waals surface area contributed by atoms with Crippen LogP contribution in [0.4, 0.5) is 0 Å². The molecule has 0 unspecified atom stereocenters. The summed E-state index contributed by atoms with van der Waals surface area (Å²) in [6, 6.07) is 8.67. The van der Waals surface area contributed by atoms with Crippen LogP contribution in [0, 0.1) is 12.8 Å². The van der Waals surface area contributed by atoms with Crippen LogP contribution in [0.25, 0.3) is 0 Å². The minimum Gasteiger partial charge on any atom is -0.357 e. The van der Waals surface area contributed by atoms with Gasteiger partial charge in [-0.15, -0.1) is 0 Å². The molecule has 1 aromatic heterocycles. The van der Waals surface area contributed by atoms with Crippen LogP contribution in [0.2, 0.25) is 0 Å². The zero-order valence-corrected chi connectivity index (χ0v) is 18.9. The fourth-order valence-corrected chi connectivity index (χ4v) is 3.90. The van der Waals surface area contributed by atoms with Crippen LogP contribution in [-0.4, -0.2) is 53.1 Å². The molecular formula is C24H38N6. The first kappa shape index (κ1) is 22.3. The molecule has 0 bridgehead atoms. The van der Waals surface area contributed by atoms with E-state index in [-0.39, 0.29) is 0 Å². The summed E-state index contributed by atoms with van der Waals surface area (Å²) in [6.45, 7) is 13.5. The highest BCUT2D eigenvalue weighted by atomic mass is 15.2. The van der Waals surface area contributed by atoms with E-state index in [2.05, 4.69) is 63.2 Å². The Labute approximate surface area is 181 Å². The molecule has 1 aromatic carbocycles. The number of imidazole rings is 1. The Morgan fingerprint density at radius 1 is 1.20 bits per heavy atom. The number of benzene rings is 1. The molecule has 2 N–H and O–H groups in total. The van der Waals surface area contributed by atoms with E-state index in [1.54, 1.807) is 0 Å². The second-order valence-electron chi connectivity index (χ2n) is 8.42. The number of hydrogen-bond donors (Lipinski definition) is 2. The number of aromatic nitrogens is 2. The molecule has 2 aromatic rings. The minimum atomic E-state index is 0.677. The van der Waals surface area contributed by atoms with Gasteiger partial charge in [0.15, 0.2) is 5.96 Å². The third kappa shape index (κ3) is 7.17. The first-order valence-electron chi connectivity index (χ1n) is 11.4. The minimum absolute atomic E-state index is 0.677. The molecule has 164 valence electrons. The van der Waals surface area contributed by atoms with Crippen molar-refractivity contribution in [3.8, 4) is 0 Å². The molecule has 1 saturated heterocycles. The molecule has 0 amide bonds. The lowest BCUT2D eigenvalue weighted by atomic mass is 9.99. The number of nitrogens with one attached hydrogen (secondary N) is 2. The standard InChI is InChI=1S/C24H38N6/c1-4-25-24(27-11-6-13-29-14-9-20(2)10-15-29)28-18-22-7-5-8-23(17-22)19-30-16-12-26-21(30)3/h5,7-8,12,16-17,20H,4,6,9-11,13-15,18-19H2,1-3H3,(H2,25,27,28). The summed E-state index contributed by atoms with van der Waals surface area (Å²) in [5.74, 6) is 2.84. The van der Waals surface area contributed by atoms with Crippen molar-refractivity contribution in [1.29, 1.82) is 0 Å². The van der Waals surface area contributed by atoms with Gasteiger partial charge in [0.1, 0.15) is 5.82 Å². The number of rotatable bonds is 9. The molecule has 0 spiro atoms. The molecule has 0 saturated carbocycles. The maximum atomic E-state index is 4.80. The number of aliphatic imine (C=N–C) groups is 1. The van der Waals surface area contributed by atoms with Crippen LogP contribution in [0.15, 0.2) is 41.7 Å². The van der Waals surface area contributed by atoms with Crippen molar-refractivity contribution in [2.45, 2.75) is 53.1 Å². The summed E-state index contributed by atoms with van der Waals surface area (Å²) in [4.78, 5) is 11.7. The summed E-state index contributed by atoms with van der Waals surface area (Å²) in [6.07, 6.45) is 7.72. The number of aryl methyl sites for hydroxylation is 1. The van der Waals surface area contributed by atoms with Crippen LogP contribution >= 0.6 is 0 Å². The van der Waals surface area contributed by atoms with Gasteiger partial charge in [-0.2, -0.15) is 0 Å². The largest absolute Gasteiger partial charge is 0.357 e. The van der Waals surface area contributed by atoms with E-state index in [0.29, 0.717) is 6.54 Å². The van der Waals surface area contributed by atoms with Gasteiger partial charge >= 0.3 is 0 Å². The maximum Gasteiger partial charge on any atom is 0.191 e. The fourth-order valence-electron chi connectivity index (χ4n) is 3.90. The van der Waals surface area contributed by atoms with Crippen LogP contribution in [0.3, 0.4) is 0 Å². The number of nitrogens with zero attached hydrogens (tertiary/aromatic N) is 4. The molecule has 0 atom stereocenters. The van der Waals surface area contributed by atoms with E-state index < -0.39 is 0 Å². The predicted octanol–water partition coefficient (Wildman–Crippen LogP) is 3.42. The highest BCUT2D eigenvalue weighted by molar-refractivity contribution is 5.79. The monoisotopic (exact) mass is 410 g/mol. The number of hydrogen-bond acceptors (Lipinski definition) is 3. The smallest absolute Gasteiger partial charge is 0.191 e. The van der Waals surface area contributed by atoms with Crippen molar-refractivity contribution < 1.29 is 0 Å². The summed E-state index contributed by atoms with van der Waals surface area (Å²) in [7, 11) is 0. The average molecular weight is 411 g/mol. The Balaban J connectivity index is 1.46. The Hall–Kier alpha value is -2.34. The third-order valence-corrected chi connectivity index (χ3v) is 5.85. The molecule has 0 radical (unpaired) electrons. The van der Waals surface area contributed by atoms with Crippen molar-refractivity contribution in [1.82, 2.24) is 25.1 Å². The third-order valence-electron chi connectivity index (χ3n) is 5.85. The Morgan fingerprint density at radius 3 is 2.73 bits per heavy atom. The van der Waals surface area contributed by atoms with E-state index in [4.69, 9.17) is 4.99 Å². The number of guanidine groups is 1. The van der Waals surface area contributed by atoms with Gasteiger partial charge < -0.3 is 20.1 Å². The Kier molecular flexibility index (Phi) is 8.75. The van der Waals surface area contributed by atoms with Crippen molar-refractivity contribution in [2.75, 3.05) is 32.7 Å². The van der Waals surface area contributed by atoms with Gasteiger partial charge in [-0.1, -0.05) is 31.2 Å². The Morgan fingerprint density at radius 2 is 2.00 bits per heavy atom. The van der Waals surface area contributed by atoms with Gasteiger partial charge in [-0.3, -0.25) is 0 Å². The van der Waals surface area contributed by atoms with Gasteiger partial charge in [0.05, 0.1) is 6.54 Å². The maximum absolute atomic E-state index is 4.80. The summed E-state index contributed by atoms with van der Waals surface area (Å²) in [5, 5.41) is 6.87. The first-order chi connectivity index (χ1) is 14.6. The van der Waals surface area contributed by atoms with E-state index in [1.807, 2.05) is 19.3 Å². The SMILES string of the molecule is CCNC(=NCc1cccc(Cn2ccnc2C)c1)NCCCN1CCC(C)CC1. The zero-order valence-electron chi connectivity index (χ0n) is 18.9. The van der Waals surface area contributed by atoms with Crippen LogP contribution < -0.4 is 10.6 Å². The van der Waals surface area contributed by atoms with Gasteiger partial charge in [0, 0.05) is 32.0 Å². The molecule has 30 heavy (non-hydrogen) atoms. The lowest BCUT2D eigenvalue weighted by molar-refractivity contribution is 0.191. The predicted molar refractivity (Wildman–Crippen MR) is 125 cm³/mol. The van der Waals surface area contributed by atoms with E-state index in [9.17, 15) is 0 Å². The first-order valence-corrected chi connectivity index (χ1v) is 11.4. The van der Waals surface area contributed by atoms with E-state index in [1.165, 1.54) is 43.6 Å². The molecule has 3 rings (SSSR count). The molecule has 6 heteroatoms. The van der Waals surface area contributed by atoms with E-state index >= 15 is 0 Å². The molecule has 6 nitrogen and oxygen atoms in total. The molecular weight excluding hydrogens is 372 g/mol. The van der Waals surface area contributed by atoms with Gasteiger partial charge in [0.25, 0.3) is 0 Å². The molecule has 1 aliphatic heterocycles. The lowest BCUT2D eigenvalue weighted by Crippen LogP contribution is -2.39. The highest BCUT2D eigenvalue weighted by Gasteiger charge is 2.14. The van der Waals surface area contributed by atoms with Crippen molar-refractivity contribution in [3.05, 3.63) is 53.6 Å². The zero-order chi connectivity index (χ0) is 21.2. The average Bonchev–Trinajstić information content (AvgIpc) is 3.15. The number of likely N-dealkylation sites (tertiary alicyclic amines) is 1. The summed E-state index contributed by atoms with van der Waals surface area (Å²) < 4.78 is 2.16. The van der Waals surface area contributed by atoms with Gasteiger partial charge in [-0.25, -0.2) is 9.98 Å². The quantitative estimate of drug-likeness (QED) is 0.378. The molecule has 1 fully saturated rings. The van der Waals surface area contributed by atoms with Crippen molar-refractivity contribution in [3.63, 3.8) is 0 Å². The van der Waals surface area contributed by atoms with Crippen molar-refractivity contribution in [2.24, 2.45) is 10.9 Å². The van der Waals surface area contributed by atoms with Crippen LogP contribution in [0.1, 0.15) is 50.1 Å². The summed E-state index contributed by atoms with van der Waals surface area (Å²) >= 11 is 0. The molecule has 0 aliphatic carbocycles. The van der Waals surface area contributed by atoms with Gasteiger partial charge in [0.2, 0.25) is 0 Å². The van der Waals surface area contributed by atoms with Crippen LogP contribution in [0.5, 0.6) is 0 Å². The topological polar surface area (TPSA) is 57.5 Å². The second-order valence-corrected chi connectivity index (χ2v) is 8.42. The summed E-state index contributed by atoms with van der Waals surface area (Å²) in [5.41, 5.74) is 2.50. The van der Waals surface area contributed by atoms with Crippen LogP contribution in [-0.2, 0) is 13.1 Å². The van der Waals surface area contributed by atoms with Crippen molar-refractivity contribution >= 4 is 5.96 Å². The lowest BCUT2D eigenvalue weighted by Gasteiger charge is -2.30. The fraction of sp³-hybridized carbons (Fsp3) is 0.583. The van der Waals surface area contributed by atoms with Gasteiger partial charge in [-0.05, 0) is 69.8 Å². The molecule has 1 aliphatic rings. The Bertz CT molecular complexity index is 788.